The number of benzene rings is 2. The Morgan fingerprint density at radius 2 is 2.04 bits per heavy atom. The van der Waals surface area contributed by atoms with Gasteiger partial charge in [0, 0.05) is 12.5 Å². The molecule has 4 nitrogen and oxygen atoms in total. The van der Waals surface area contributed by atoms with Gasteiger partial charge in [-0.05, 0) is 36.1 Å². The van der Waals surface area contributed by atoms with Gasteiger partial charge in [-0.3, -0.25) is 4.79 Å². The molecule has 1 amide bonds. The molecule has 0 aromatic heterocycles. The second-order valence-corrected chi connectivity index (χ2v) is 6.19. The summed E-state index contributed by atoms with van der Waals surface area (Å²) >= 11 is 0. The SMILES string of the molecule is C[C@H](Cc1ccc2c(c1)CCO2)NC(=O)COCc1ccccc1. The molecule has 126 valence electrons. The van der Waals surface area contributed by atoms with Gasteiger partial charge in [0.25, 0.3) is 0 Å². The van der Waals surface area contributed by atoms with E-state index >= 15 is 0 Å². The molecule has 3 rings (SSSR count). The highest BCUT2D eigenvalue weighted by Crippen LogP contribution is 2.26. The molecule has 1 N–H and O–H groups in total. The Morgan fingerprint density at radius 3 is 2.88 bits per heavy atom. The van der Waals surface area contributed by atoms with Crippen LogP contribution in [0.25, 0.3) is 0 Å². The Balaban J connectivity index is 1.41. The van der Waals surface area contributed by atoms with Crippen molar-refractivity contribution < 1.29 is 14.3 Å². The van der Waals surface area contributed by atoms with Gasteiger partial charge < -0.3 is 14.8 Å². The van der Waals surface area contributed by atoms with Crippen LogP contribution in [0.2, 0.25) is 0 Å². The maximum Gasteiger partial charge on any atom is 0.246 e. The van der Waals surface area contributed by atoms with Gasteiger partial charge in [-0.15, -0.1) is 0 Å². The van der Waals surface area contributed by atoms with E-state index in [1.165, 1.54) is 11.1 Å². The van der Waals surface area contributed by atoms with Crippen molar-refractivity contribution in [2.24, 2.45) is 0 Å². The third kappa shape index (κ3) is 4.59. The first-order valence-corrected chi connectivity index (χ1v) is 8.36. The van der Waals surface area contributed by atoms with Crippen molar-refractivity contribution in [1.82, 2.24) is 5.32 Å². The lowest BCUT2D eigenvalue weighted by molar-refractivity contribution is -0.126. The van der Waals surface area contributed by atoms with Crippen LogP contribution in [0.1, 0.15) is 23.6 Å². The molecule has 0 aliphatic carbocycles. The number of fused-ring (bicyclic) bond motifs is 1. The topological polar surface area (TPSA) is 47.6 Å². The highest BCUT2D eigenvalue weighted by molar-refractivity contribution is 5.77. The number of hydrogen-bond donors (Lipinski definition) is 1. The first kappa shape index (κ1) is 16.5. The fourth-order valence-electron chi connectivity index (χ4n) is 2.92. The molecule has 0 radical (unpaired) electrons. The molecular formula is C20H23NO3. The summed E-state index contributed by atoms with van der Waals surface area (Å²) in [7, 11) is 0. The van der Waals surface area contributed by atoms with Crippen LogP contribution >= 0.6 is 0 Å². The number of rotatable bonds is 7. The summed E-state index contributed by atoms with van der Waals surface area (Å²) in [5.74, 6) is 0.910. The van der Waals surface area contributed by atoms with Crippen molar-refractivity contribution in [3.05, 3.63) is 65.2 Å². The van der Waals surface area contributed by atoms with Crippen molar-refractivity contribution in [1.29, 1.82) is 0 Å². The fraction of sp³-hybridized carbons (Fsp3) is 0.350. The molecule has 24 heavy (non-hydrogen) atoms. The molecule has 1 aliphatic rings. The summed E-state index contributed by atoms with van der Waals surface area (Å²) in [6.45, 7) is 3.31. The monoisotopic (exact) mass is 325 g/mol. The van der Waals surface area contributed by atoms with E-state index in [0.717, 1.165) is 30.8 Å². The van der Waals surface area contributed by atoms with E-state index in [1.54, 1.807) is 0 Å². The lowest BCUT2D eigenvalue weighted by atomic mass is 10.0. The minimum Gasteiger partial charge on any atom is -0.493 e. The molecule has 0 spiro atoms. The largest absolute Gasteiger partial charge is 0.493 e. The van der Waals surface area contributed by atoms with Crippen LogP contribution in [0.4, 0.5) is 0 Å². The first-order chi connectivity index (χ1) is 11.7. The number of hydrogen-bond acceptors (Lipinski definition) is 3. The average Bonchev–Trinajstić information content (AvgIpc) is 3.03. The predicted molar refractivity (Wildman–Crippen MR) is 93.0 cm³/mol. The lowest BCUT2D eigenvalue weighted by Gasteiger charge is -2.14. The molecule has 2 aromatic carbocycles. The first-order valence-electron chi connectivity index (χ1n) is 8.36. The van der Waals surface area contributed by atoms with Gasteiger partial charge in [0.15, 0.2) is 0 Å². The van der Waals surface area contributed by atoms with Crippen LogP contribution in [-0.4, -0.2) is 25.2 Å². The second-order valence-electron chi connectivity index (χ2n) is 6.19. The predicted octanol–water partition coefficient (Wildman–Crippen LogP) is 2.89. The fourth-order valence-corrected chi connectivity index (χ4v) is 2.92. The minimum absolute atomic E-state index is 0.0678. The smallest absolute Gasteiger partial charge is 0.246 e. The number of amides is 1. The second kappa shape index (κ2) is 7.97. The molecule has 0 fully saturated rings. The van der Waals surface area contributed by atoms with Crippen LogP contribution < -0.4 is 10.1 Å². The zero-order valence-electron chi connectivity index (χ0n) is 14.0. The standard InChI is InChI=1S/C20H23NO3/c1-15(11-17-7-8-19-18(12-17)9-10-24-19)21-20(22)14-23-13-16-5-3-2-4-6-16/h2-8,12,15H,9-11,13-14H2,1H3,(H,21,22)/t15-/m1/s1. The summed E-state index contributed by atoms with van der Waals surface area (Å²) < 4.78 is 11.0. The van der Waals surface area contributed by atoms with Gasteiger partial charge in [0.05, 0.1) is 13.2 Å². The van der Waals surface area contributed by atoms with Crippen molar-refractivity contribution in [3.63, 3.8) is 0 Å². The van der Waals surface area contributed by atoms with E-state index in [9.17, 15) is 4.79 Å². The molecule has 2 aromatic rings. The van der Waals surface area contributed by atoms with E-state index in [0.29, 0.717) is 6.61 Å². The van der Waals surface area contributed by atoms with Gasteiger partial charge in [-0.25, -0.2) is 0 Å². The zero-order chi connectivity index (χ0) is 16.8. The third-order valence-electron chi connectivity index (χ3n) is 4.05. The van der Waals surface area contributed by atoms with Gasteiger partial charge in [-0.2, -0.15) is 0 Å². The van der Waals surface area contributed by atoms with Crippen molar-refractivity contribution in [2.45, 2.75) is 32.4 Å². The van der Waals surface area contributed by atoms with Gasteiger partial charge in [-0.1, -0.05) is 42.5 Å². The molecule has 0 bridgehead atoms. The Bertz CT molecular complexity index is 685. The molecule has 1 atom stereocenters. The van der Waals surface area contributed by atoms with Gasteiger partial charge >= 0.3 is 0 Å². The highest BCUT2D eigenvalue weighted by Gasteiger charge is 2.14. The number of nitrogens with one attached hydrogen (secondary N) is 1. The van der Waals surface area contributed by atoms with Crippen molar-refractivity contribution in [2.75, 3.05) is 13.2 Å². The van der Waals surface area contributed by atoms with Gasteiger partial charge in [0.1, 0.15) is 12.4 Å². The van der Waals surface area contributed by atoms with Crippen LogP contribution in [0, 0.1) is 0 Å². The van der Waals surface area contributed by atoms with E-state index in [-0.39, 0.29) is 18.6 Å². The number of carbonyl (C=O) groups is 1. The summed E-state index contributed by atoms with van der Waals surface area (Å²) in [6.07, 6.45) is 1.77. The maximum atomic E-state index is 12.0. The van der Waals surface area contributed by atoms with Crippen LogP contribution in [-0.2, 0) is 29.0 Å². The Labute approximate surface area is 142 Å². The molecule has 0 unspecified atom stereocenters. The van der Waals surface area contributed by atoms with Crippen molar-refractivity contribution in [3.8, 4) is 5.75 Å². The lowest BCUT2D eigenvalue weighted by Crippen LogP contribution is -2.36. The molecule has 0 saturated heterocycles. The highest BCUT2D eigenvalue weighted by atomic mass is 16.5. The maximum absolute atomic E-state index is 12.0. The molecule has 4 heteroatoms. The summed E-state index contributed by atoms with van der Waals surface area (Å²) in [4.78, 5) is 12.0. The minimum atomic E-state index is -0.0806. The molecular weight excluding hydrogens is 302 g/mol. The van der Waals surface area contributed by atoms with Crippen LogP contribution in [0.15, 0.2) is 48.5 Å². The molecule has 0 saturated carbocycles. The average molecular weight is 325 g/mol. The van der Waals surface area contributed by atoms with E-state index in [2.05, 4.69) is 17.4 Å². The summed E-state index contributed by atoms with van der Waals surface area (Å²) in [5.41, 5.74) is 3.55. The third-order valence-corrected chi connectivity index (χ3v) is 4.05. The van der Waals surface area contributed by atoms with Crippen LogP contribution in [0.3, 0.4) is 0 Å². The Kier molecular flexibility index (Phi) is 5.49. The van der Waals surface area contributed by atoms with Crippen LogP contribution in [0.5, 0.6) is 5.75 Å². The zero-order valence-corrected chi connectivity index (χ0v) is 14.0. The number of carbonyl (C=O) groups excluding carboxylic acids is 1. The van der Waals surface area contributed by atoms with Gasteiger partial charge in [0.2, 0.25) is 5.91 Å². The Hall–Kier alpha value is -2.33. The van der Waals surface area contributed by atoms with E-state index in [1.807, 2.05) is 43.3 Å². The number of ether oxygens (including phenoxy) is 2. The summed E-state index contributed by atoms with van der Waals surface area (Å²) in [6, 6.07) is 16.2. The Morgan fingerprint density at radius 1 is 1.21 bits per heavy atom. The van der Waals surface area contributed by atoms with E-state index < -0.39 is 0 Å². The normalized spacial score (nSPS) is 13.9. The quantitative estimate of drug-likeness (QED) is 0.851. The van der Waals surface area contributed by atoms with E-state index in [4.69, 9.17) is 9.47 Å². The van der Waals surface area contributed by atoms with Crippen molar-refractivity contribution >= 4 is 5.91 Å². The summed E-state index contributed by atoms with van der Waals surface area (Å²) in [5, 5.41) is 2.99. The molecule has 1 heterocycles. The molecule has 1 aliphatic heterocycles.